The van der Waals surface area contributed by atoms with Gasteiger partial charge in [-0.15, -0.1) is 0 Å². The fourth-order valence-corrected chi connectivity index (χ4v) is 8.33. The molecule has 4 atom stereocenters. The number of nitriles is 2. The molecule has 0 saturated carbocycles. The number of methoxy groups -OCH3 is 4. The van der Waals surface area contributed by atoms with E-state index in [4.69, 9.17) is 48.4 Å². The smallest absolute Gasteiger partial charge is 0.338 e. The predicted octanol–water partition coefficient (Wildman–Crippen LogP) is 11.2. The van der Waals surface area contributed by atoms with Gasteiger partial charge in [0.2, 0.25) is 5.76 Å². The van der Waals surface area contributed by atoms with Crippen molar-refractivity contribution in [1.82, 2.24) is 0 Å². The van der Waals surface area contributed by atoms with E-state index in [0.29, 0.717) is 52.8 Å². The summed E-state index contributed by atoms with van der Waals surface area (Å²) in [6.07, 6.45) is 1.30. The fraction of sp³-hybridized carbons (Fsp3) is 0.442. The van der Waals surface area contributed by atoms with Gasteiger partial charge in [-0.05, 0) is 218 Å². The molecule has 0 aliphatic rings. The second-order valence-corrected chi connectivity index (χ2v) is 27.6. The van der Waals surface area contributed by atoms with Crippen LogP contribution in [0.3, 0.4) is 0 Å². The van der Waals surface area contributed by atoms with E-state index in [1.165, 1.54) is 47.7 Å². The van der Waals surface area contributed by atoms with Crippen LogP contribution in [0.15, 0.2) is 138 Å². The quantitative estimate of drug-likeness (QED) is 0.0213. The molecule has 0 bridgehead atoms. The van der Waals surface area contributed by atoms with Crippen LogP contribution < -0.4 is 18.1 Å². The number of ether oxygens (including phenoxy) is 9. The Kier molecular flexibility index (Phi) is 42.1. The summed E-state index contributed by atoms with van der Waals surface area (Å²) in [5.74, 6) is -5.37. The maximum atomic E-state index is 11.9. The molecule has 0 saturated heterocycles. The lowest BCUT2D eigenvalue weighted by atomic mass is 9.95. The molecule has 0 aromatic heterocycles. The molecule has 558 valence electrons. The summed E-state index contributed by atoms with van der Waals surface area (Å²) in [6, 6.07) is 37.3. The zero-order chi connectivity index (χ0) is 77.8. The average molecular weight is 1500 g/mol. The van der Waals surface area contributed by atoms with Crippen LogP contribution in [-0.2, 0) is 71.6 Å². The number of quaternary nitrogens is 1. The summed E-state index contributed by atoms with van der Waals surface area (Å²) < 4.78 is 46.1. The van der Waals surface area contributed by atoms with Gasteiger partial charge >= 0.3 is 53.7 Å². The Morgan fingerprint density at radius 1 is 0.402 bits per heavy atom. The first-order chi connectivity index (χ1) is 46.8. The van der Waals surface area contributed by atoms with Gasteiger partial charge in [0.1, 0.15) is 40.0 Å². The normalized spacial score (nSPS) is 11.8. The Bertz CT molecular complexity index is 3350. The Hall–Kier alpha value is -9.46. The lowest BCUT2D eigenvalue weighted by Crippen LogP contribution is -3.00. The second kappa shape index (κ2) is 45.4. The van der Waals surface area contributed by atoms with Gasteiger partial charge in [-0.25, -0.2) is 24.0 Å². The first-order valence-electron chi connectivity index (χ1n) is 31.9. The van der Waals surface area contributed by atoms with Gasteiger partial charge in [0.25, 0.3) is 0 Å². The van der Waals surface area contributed by atoms with Crippen LogP contribution in [0.1, 0.15) is 228 Å². The summed E-state index contributed by atoms with van der Waals surface area (Å²) in [5.41, 5.74) is 6.44. The lowest BCUT2D eigenvalue weighted by Gasteiger charge is -2.19. The third-order valence-corrected chi connectivity index (χ3v) is 13.2. The summed E-state index contributed by atoms with van der Waals surface area (Å²) in [4.78, 5) is 113. The summed E-state index contributed by atoms with van der Waals surface area (Å²) >= 11 is 3.30. The zero-order valence-electron chi connectivity index (χ0n) is 62.7. The highest BCUT2D eigenvalue weighted by atomic mass is 79.9. The lowest BCUT2D eigenvalue weighted by molar-refractivity contribution is -0.370. The molecule has 0 heterocycles. The maximum absolute atomic E-state index is 11.9. The van der Waals surface area contributed by atoms with E-state index in [1.807, 2.05) is 115 Å². The molecule has 4 unspecified atom stereocenters. The van der Waals surface area contributed by atoms with Gasteiger partial charge in [0.15, 0.2) is 5.92 Å². The van der Waals surface area contributed by atoms with E-state index < -0.39 is 51.8 Å². The number of esters is 9. The van der Waals surface area contributed by atoms with Crippen molar-refractivity contribution < 1.29 is 114 Å². The van der Waals surface area contributed by atoms with Crippen LogP contribution in [-0.4, -0.2) is 124 Å². The summed E-state index contributed by atoms with van der Waals surface area (Å²) in [5, 5.41) is 16.9. The van der Waals surface area contributed by atoms with Crippen LogP contribution in [0, 0.1) is 22.7 Å². The monoisotopic (exact) mass is 1500 g/mol. The van der Waals surface area contributed by atoms with Gasteiger partial charge in [0, 0.05) is 4.47 Å². The van der Waals surface area contributed by atoms with Crippen LogP contribution in [0.2, 0.25) is 0 Å². The molecule has 0 radical (unpaired) electrons. The number of benzene rings is 5. The van der Waals surface area contributed by atoms with E-state index in [0.717, 1.165) is 21.2 Å². The van der Waals surface area contributed by atoms with E-state index >= 15 is 0 Å². The molecule has 25 heteroatoms. The molecular weight excluding hydrogens is 1400 g/mol. The number of hydrogen-bond acceptors (Lipinski definition) is 22. The number of carbonyl (C=O) groups excluding carboxylic acids is 9. The van der Waals surface area contributed by atoms with Crippen molar-refractivity contribution in [1.29, 1.82) is 10.5 Å². The van der Waals surface area contributed by atoms with Crippen molar-refractivity contribution in [2.45, 2.75) is 182 Å². The Morgan fingerprint density at radius 3 is 0.814 bits per heavy atom. The Balaban J connectivity index is 0. The fourth-order valence-electron chi connectivity index (χ4n) is 8.06. The topological polar surface area (TPSA) is 330 Å². The number of carbonyl (C=O) groups is 9. The molecule has 3 N–H and O–H groups in total. The Morgan fingerprint density at radius 2 is 0.627 bits per heavy atom. The van der Waals surface area contributed by atoms with E-state index in [-0.39, 0.29) is 71.8 Å². The zero-order valence-corrected chi connectivity index (χ0v) is 65.0. The molecule has 23 nitrogen and oxygen atoms in total. The highest BCUT2D eigenvalue weighted by Crippen LogP contribution is 2.26. The number of hydrogen-bond donors (Lipinski definition) is 1. The van der Waals surface area contributed by atoms with Gasteiger partial charge < -0.3 is 65.7 Å². The first-order valence-corrected chi connectivity index (χ1v) is 32.7. The molecule has 0 amide bonds. The van der Waals surface area contributed by atoms with Crippen molar-refractivity contribution in [2.24, 2.45) is 0 Å². The van der Waals surface area contributed by atoms with Crippen LogP contribution >= 0.6 is 15.9 Å². The van der Waals surface area contributed by atoms with Gasteiger partial charge in [0.05, 0.1) is 87.8 Å². The molecule has 0 aliphatic carbocycles. The maximum Gasteiger partial charge on any atom is 0.338 e. The second-order valence-electron chi connectivity index (χ2n) is 26.7. The summed E-state index contributed by atoms with van der Waals surface area (Å²) in [7, 11) is 6.63. The van der Waals surface area contributed by atoms with E-state index in [9.17, 15) is 43.2 Å². The minimum Gasteiger partial charge on any atom is -1.00 e. The molecule has 0 aliphatic heterocycles. The highest BCUT2D eigenvalue weighted by Gasteiger charge is 2.27. The largest absolute Gasteiger partial charge is 1.00 e. The van der Waals surface area contributed by atoms with Crippen LogP contribution in [0.4, 0.5) is 0 Å². The van der Waals surface area contributed by atoms with Gasteiger partial charge in [-0.2, -0.15) is 15.4 Å². The van der Waals surface area contributed by atoms with Crippen molar-refractivity contribution in [3.63, 3.8) is 0 Å². The standard InChI is InChI=1S/2C16H22O4.C15H21NO4.C15H17NO4.C11H13BrO2.C4H5NO2.ClH/c2*1-6-13(15(18)19-5)11-7-9-12(10-8-11)14(17)20-16(2,3)4;2*1-15(2,3)20-13(17)11-7-5-10(6-8-11)12(9-16)14(18)19-4;1-11(2,3)14-10(13)8-4-6-9(12)7-5-8;1-4(3-5)7-6-2;/h2*7-10,13H,6H2,1-5H3;5-8,12H,9,16H2,1-4H3;5-8,12H,1-4H3;4-7H,1-3H3;1H2,2H3;1H. The first kappa shape index (κ1) is 94.6. The molecule has 5 aromatic rings. The van der Waals surface area contributed by atoms with Gasteiger partial charge in [-0.1, -0.05) is 78.3 Å². The third kappa shape index (κ3) is 37.8. The molecule has 102 heavy (non-hydrogen) atoms. The third-order valence-electron chi connectivity index (χ3n) is 12.6. The minimum absolute atomic E-state index is 0. The molecule has 0 spiro atoms. The molecule has 0 fully saturated rings. The van der Waals surface area contributed by atoms with Crippen molar-refractivity contribution in [3.05, 3.63) is 188 Å². The van der Waals surface area contributed by atoms with Crippen molar-refractivity contribution in [3.8, 4) is 12.1 Å². The van der Waals surface area contributed by atoms with Crippen LogP contribution in [0.25, 0.3) is 0 Å². The van der Waals surface area contributed by atoms with E-state index in [2.05, 4.69) is 42.8 Å². The van der Waals surface area contributed by atoms with Crippen LogP contribution in [0.5, 0.6) is 0 Å². The minimum atomic E-state index is -0.993. The van der Waals surface area contributed by atoms with Crippen molar-refractivity contribution in [2.75, 3.05) is 42.1 Å². The van der Waals surface area contributed by atoms with Gasteiger partial charge in [-0.3, -0.25) is 19.2 Å². The molecular formula is C77H101BrClN3O20. The number of nitrogens with zero attached hydrogens (tertiary/aromatic N) is 2. The number of rotatable bonds is 18. The predicted molar refractivity (Wildman–Crippen MR) is 382 cm³/mol. The average Bonchev–Trinajstić information content (AvgIpc) is 0.869. The van der Waals surface area contributed by atoms with E-state index in [1.54, 1.807) is 124 Å². The highest BCUT2D eigenvalue weighted by molar-refractivity contribution is 9.10. The molecule has 5 rings (SSSR count). The Labute approximate surface area is 615 Å². The summed E-state index contributed by atoms with van der Waals surface area (Å²) in [6.45, 7) is 34.7. The SMILES string of the molecule is C=C(C#N)OOC.CC(C)(C)OC(=O)c1ccc(Br)cc1.CCC(C(=O)OC)c1ccc(C(=O)OC(C)(C)C)cc1.CCC(C(=O)OC)c1ccc(C(=O)OC(C)(C)C)cc1.COC(=O)C(C#N)c1ccc(C(=O)OC(C)(C)C)cc1.COC(=O)C(C[NH3+])c1ccc(C(=O)OC(C)(C)C)cc1.[Cl-]. The molecule has 5 aromatic carbocycles. The number of allylic oxidation sites excluding steroid dienone is 1. The van der Waals surface area contributed by atoms with Crippen molar-refractivity contribution >= 4 is 69.7 Å². The number of halogens is 2.